The fraction of sp³-hybridized carbons (Fsp3) is 0.500. The van der Waals surface area contributed by atoms with Crippen LogP contribution < -0.4 is 5.19 Å². The third-order valence-electron chi connectivity index (χ3n) is 3.36. The van der Waals surface area contributed by atoms with Crippen LogP contribution in [0.2, 0.25) is 18.6 Å². The fourth-order valence-electron chi connectivity index (χ4n) is 1.66. The third-order valence-corrected chi connectivity index (χ3v) is 8.06. The molecule has 0 fully saturated rings. The molecule has 1 rings (SSSR count). The average Bonchev–Trinajstić information content (AvgIpc) is 2.18. The van der Waals surface area contributed by atoms with Crippen LogP contribution >= 0.6 is 0 Å². The van der Waals surface area contributed by atoms with Crippen molar-refractivity contribution in [1.29, 1.82) is 0 Å². The van der Waals surface area contributed by atoms with E-state index in [0.29, 0.717) is 0 Å². The van der Waals surface area contributed by atoms with Gasteiger partial charge >= 0.3 is 0 Å². The normalized spacial score (nSPS) is 14.2. The van der Waals surface area contributed by atoms with Crippen LogP contribution in [-0.2, 0) is 0 Å². The van der Waals surface area contributed by atoms with Crippen LogP contribution in [0.1, 0.15) is 20.3 Å². The number of hydrogen-bond acceptors (Lipinski definition) is 0. The Bertz CT molecular complexity index is 251. The Labute approximate surface area is 83.0 Å². The van der Waals surface area contributed by atoms with Crippen LogP contribution in [0.3, 0.4) is 0 Å². The molecule has 0 spiro atoms. The minimum atomic E-state index is -1.18. The lowest BCUT2D eigenvalue weighted by atomic mass is 10.4. The van der Waals surface area contributed by atoms with Crippen molar-refractivity contribution in [1.82, 2.24) is 0 Å². The highest BCUT2D eigenvalue weighted by Crippen LogP contribution is 2.23. The highest BCUT2D eigenvalue weighted by Gasteiger charge is 2.28. The predicted molar refractivity (Wildman–Crippen MR) is 63.3 cm³/mol. The first-order valence-electron chi connectivity index (χ1n) is 5.14. The predicted octanol–water partition coefficient (Wildman–Crippen LogP) is 3.40. The average molecular weight is 192 g/mol. The molecule has 0 N–H and O–H groups in total. The van der Waals surface area contributed by atoms with Crippen molar-refractivity contribution >= 4 is 13.3 Å². The van der Waals surface area contributed by atoms with Gasteiger partial charge in [-0.05, 0) is 5.54 Å². The Balaban J connectivity index is 2.93. The van der Waals surface area contributed by atoms with E-state index < -0.39 is 8.07 Å². The summed E-state index contributed by atoms with van der Waals surface area (Å²) < 4.78 is 0. The molecule has 1 heteroatoms. The van der Waals surface area contributed by atoms with Crippen molar-refractivity contribution in [2.45, 2.75) is 38.9 Å². The van der Waals surface area contributed by atoms with Crippen LogP contribution in [0.25, 0.3) is 0 Å². The summed E-state index contributed by atoms with van der Waals surface area (Å²) in [5, 5.41) is 1.59. The lowest BCUT2D eigenvalue weighted by Gasteiger charge is -2.29. The van der Waals surface area contributed by atoms with Gasteiger partial charge in [0, 0.05) is 0 Å². The molecule has 0 aliphatic carbocycles. The van der Waals surface area contributed by atoms with Crippen molar-refractivity contribution in [2.75, 3.05) is 0 Å². The van der Waals surface area contributed by atoms with Gasteiger partial charge in [-0.25, -0.2) is 0 Å². The van der Waals surface area contributed by atoms with Gasteiger partial charge in [0.1, 0.15) is 0 Å². The zero-order chi connectivity index (χ0) is 9.90. The Kier molecular flexibility index (Phi) is 3.31. The molecule has 0 saturated carbocycles. The molecular weight excluding hydrogens is 172 g/mol. The van der Waals surface area contributed by atoms with Crippen molar-refractivity contribution in [2.24, 2.45) is 0 Å². The fourth-order valence-corrected chi connectivity index (χ4v) is 4.30. The highest BCUT2D eigenvalue weighted by molar-refractivity contribution is 6.90. The van der Waals surface area contributed by atoms with E-state index in [9.17, 15) is 0 Å². The van der Waals surface area contributed by atoms with Gasteiger partial charge in [-0.15, -0.1) is 0 Å². The summed E-state index contributed by atoms with van der Waals surface area (Å²) in [5.41, 5.74) is 0.870. The molecule has 0 heterocycles. The summed E-state index contributed by atoms with van der Waals surface area (Å²) in [4.78, 5) is 0. The molecule has 0 aliphatic rings. The Morgan fingerprint density at radius 3 is 2.15 bits per heavy atom. The van der Waals surface area contributed by atoms with Crippen molar-refractivity contribution < 1.29 is 0 Å². The van der Waals surface area contributed by atoms with Crippen LogP contribution in [0.15, 0.2) is 30.3 Å². The van der Waals surface area contributed by atoms with E-state index in [1.807, 2.05) is 0 Å². The lowest BCUT2D eigenvalue weighted by Crippen LogP contribution is -2.44. The van der Waals surface area contributed by atoms with Crippen LogP contribution in [0.5, 0.6) is 0 Å². The second-order valence-corrected chi connectivity index (χ2v) is 9.40. The molecule has 1 atom stereocenters. The molecule has 1 aromatic rings. The van der Waals surface area contributed by atoms with Crippen molar-refractivity contribution in [3.8, 4) is 0 Å². The zero-order valence-electron chi connectivity index (χ0n) is 9.17. The first-order valence-corrected chi connectivity index (χ1v) is 8.22. The molecule has 0 bridgehead atoms. The van der Waals surface area contributed by atoms with E-state index in [-0.39, 0.29) is 0 Å². The molecule has 0 saturated heterocycles. The lowest BCUT2D eigenvalue weighted by molar-refractivity contribution is 0.848. The molecule has 0 nitrogen and oxygen atoms in total. The van der Waals surface area contributed by atoms with Gasteiger partial charge in [0.15, 0.2) is 0 Å². The zero-order valence-corrected chi connectivity index (χ0v) is 10.2. The maximum Gasteiger partial charge on any atom is 0.0834 e. The Morgan fingerprint density at radius 2 is 1.69 bits per heavy atom. The van der Waals surface area contributed by atoms with Crippen LogP contribution in [-0.4, -0.2) is 8.07 Å². The van der Waals surface area contributed by atoms with E-state index in [2.05, 4.69) is 57.3 Å². The molecule has 0 aromatic heterocycles. The minimum Gasteiger partial charge on any atom is -0.0654 e. The van der Waals surface area contributed by atoms with Gasteiger partial charge in [0.2, 0.25) is 0 Å². The van der Waals surface area contributed by atoms with E-state index in [4.69, 9.17) is 0 Å². The van der Waals surface area contributed by atoms with E-state index >= 15 is 0 Å². The quantitative estimate of drug-likeness (QED) is 0.644. The minimum absolute atomic E-state index is 0.870. The van der Waals surface area contributed by atoms with E-state index in [0.717, 1.165) is 5.54 Å². The largest absolute Gasteiger partial charge is 0.0834 e. The van der Waals surface area contributed by atoms with E-state index in [1.54, 1.807) is 5.19 Å². The Hall–Kier alpha value is -0.563. The monoisotopic (exact) mass is 192 g/mol. The summed E-state index contributed by atoms with van der Waals surface area (Å²) in [6, 6.07) is 11.0. The van der Waals surface area contributed by atoms with Gasteiger partial charge in [-0.2, -0.15) is 0 Å². The Morgan fingerprint density at radius 1 is 1.15 bits per heavy atom. The van der Waals surface area contributed by atoms with Gasteiger partial charge in [0.25, 0.3) is 0 Å². The first kappa shape index (κ1) is 10.5. The van der Waals surface area contributed by atoms with Crippen molar-refractivity contribution in [3.63, 3.8) is 0 Å². The second kappa shape index (κ2) is 4.10. The number of rotatable bonds is 3. The SMILES string of the molecule is CCC(C)[Si](C)(C)c1ccccc1. The molecule has 0 amide bonds. The van der Waals surface area contributed by atoms with Crippen molar-refractivity contribution in [3.05, 3.63) is 30.3 Å². The molecule has 1 aromatic carbocycles. The molecule has 1 unspecified atom stereocenters. The molecule has 13 heavy (non-hydrogen) atoms. The van der Waals surface area contributed by atoms with Gasteiger partial charge in [-0.3, -0.25) is 0 Å². The van der Waals surface area contributed by atoms with Gasteiger partial charge in [-0.1, -0.05) is 68.9 Å². The van der Waals surface area contributed by atoms with Gasteiger partial charge < -0.3 is 0 Å². The second-order valence-electron chi connectivity index (χ2n) is 4.40. The molecule has 72 valence electrons. The number of benzene rings is 1. The summed E-state index contributed by atoms with van der Waals surface area (Å²) >= 11 is 0. The maximum atomic E-state index is 2.47. The first-order chi connectivity index (χ1) is 6.09. The van der Waals surface area contributed by atoms with Gasteiger partial charge in [0.05, 0.1) is 8.07 Å². The highest BCUT2D eigenvalue weighted by atomic mass is 28.3. The topological polar surface area (TPSA) is 0 Å². The summed E-state index contributed by atoms with van der Waals surface area (Å²) in [6.45, 7) is 9.62. The molecular formula is C12H20Si. The van der Waals surface area contributed by atoms with Crippen LogP contribution in [0.4, 0.5) is 0 Å². The van der Waals surface area contributed by atoms with E-state index in [1.165, 1.54) is 6.42 Å². The summed E-state index contributed by atoms with van der Waals surface area (Å²) in [6.07, 6.45) is 1.30. The summed E-state index contributed by atoms with van der Waals surface area (Å²) in [7, 11) is -1.18. The standard InChI is InChI=1S/C12H20Si/c1-5-11(2)13(3,4)12-9-7-6-8-10-12/h6-11H,5H2,1-4H3. The molecule has 0 aliphatic heterocycles. The van der Waals surface area contributed by atoms with Crippen LogP contribution in [0, 0.1) is 0 Å². The number of hydrogen-bond donors (Lipinski definition) is 0. The smallest absolute Gasteiger partial charge is 0.0654 e. The maximum absolute atomic E-state index is 2.47. The third kappa shape index (κ3) is 2.22. The molecule has 0 radical (unpaired) electrons. The summed E-state index contributed by atoms with van der Waals surface area (Å²) in [5.74, 6) is 0.